The van der Waals surface area contributed by atoms with Crippen LogP contribution in [-0.4, -0.2) is 23.4 Å². The van der Waals surface area contributed by atoms with Gasteiger partial charge in [-0.25, -0.2) is 0 Å². The Morgan fingerprint density at radius 3 is 2.67 bits per heavy atom. The molecule has 0 atom stereocenters. The second-order valence-electron chi connectivity index (χ2n) is 5.12. The summed E-state index contributed by atoms with van der Waals surface area (Å²) in [5.41, 5.74) is 1.34. The number of amides is 1. The number of ether oxygens (including phenoxy) is 1. The van der Waals surface area contributed by atoms with Crippen molar-refractivity contribution in [3.63, 3.8) is 0 Å². The second-order valence-corrected chi connectivity index (χ2v) is 6.16. The fraction of sp³-hybridized carbons (Fsp3) is 0.250. The number of thiophene rings is 1. The maximum absolute atomic E-state index is 11.9. The molecule has 2 aromatic rings. The smallest absolute Gasteiger partial charge is 0.311 e. The third kappa shape index (κ3) is 4.39. The van der Waals surface area contributed by atoms with E-state index >= 15 is 0 Å². The number of nitrogens with zero attached hydrogens (tertiary/aromatic N) is 1. The molecule has 0 radical (unpaired) electrons. The molecule has 1 amide bonds. The lowest BCUT2D eigenvalue weighted by atomic mass is 10.1. The Balaban J connectivity index is 1.98. The molecule has 0 aliphatic carbocycles. The van der Waals surface area contributed by atoms with Gasteiger partial charge in [-0.2, -0.15) is 0 Å². The highest BCUT2D eigenvalue weighted by Gasteiger charge is 2.20. The van der Waals surface area contributed by atoms with Crippen LogP contribution in [0.25, 0.3) is 0 Å². The van der Waals surface area contributed by atoms with Gasteiger partial charge in [-0.3, -0.25) is 19.7 Å². The first-order valence-corrected chi connectivity index (χ1v) is 7.99. The summed E-state index contributed by atoms with van der Waals surface area (Å²) in [5.74, 6) is -1.14. The summed E-state index contributed by atoms with van der Waals surface area (Å²) in [6.45, 7) is 2.98. The monoisotopic (exact) mass is 348 g/mol. The number of nitro benzene ring substituents is 1. The molecule has 24 heavy (non-hydrogen) atoms. The number of nitrogens with one attached hydrogen (secondary N) is 1. The van der Waals surface area contributed by atoms with Crippen molar-refractivity contribution in [2.75, 3.05) is 11.9 Å². The van der Waals surface area contributed by atoms with Crippen LogP contribution in [0.1, 0.15) is 16.0 Å². The fourth-order valence-electron chi connectivity index (χ4n) is 2.04. The molecule has 0 aliphatic rings. The van der Waals surface area contributed by atoms with Crippen LogP contribution in [0.4, 0.5) is 11.4 Å². The number of carbonyl (C=O) groups excluding carboxylic acids is 2. The van der Waals surface area contributed by atoms with E-state index in [2.05, 4.69) is 5.32 Å². The number of carbonyl (C=O) groups is 2. The molecule has 0 aliphatic heterocycles. The molecule has 1 aromatic carbocycles. The molecule has 126 valence electrons. The van der Waals surface area contributed by atoms with Gasteiger partial charge in [0, 0.05) is 10.9 Å². The van der Waals surface area contributed by atoms with Gasteiger partial charge in [0.1, 0.15) is 5.69 Å². The van der Waals surface area contributed by atoms with Gasteiger partial charge in [0.25, 0.3) is 11.6 Å². The van der Waals surface area contributed by atoms with Crippen LogP contribution in [0.15, 0.2) is 29.6 Å². The van der Waals surface area contributed by atoms with E-state index < -0.39 is 23.4 Å². The van der Waals surface area contributed by atoms with Gasteiger partial charge in [0.2, 0.25) is 0 Å². The van der Waals surface area contributed by atoms with Gasteiger partial charge < -0.3 is 10.1 Å². The standard InChI is InChI=1S/C16H16N2O5S/c1-10-5-6-13(18(21)22)16(11(10)2)17-14(19)9-23-15(20)8-12-4-3-7-24-12/h3-7H,8-9H2,1-2H3,(H,17,19). The molecule has 1 N–H and O–H groups in total. The molecular formula is C16H16N2O5S. The molecule has 0 bridgehead atoms. The summed E-state index contributed by atoms with van der Waals surface area (Å²) in [4.78, 5) is 35.0. The van der Waals surface area contributed by atoms with E-state index in [0.29, 0.717) is 5.56 Å². The lowest BCUT2D eigenvalue weighted by Gasteiger charge is -2.11. The van der Waals surface area contributed by atoms with Crippen molar-refractivity contribution in [3.8, 4) is 0 Å². The van der Waals surface area contributed by atoms with Crippen LogP contribution in [0.5, 0.6) is 0 Å². The molecular weight excluding hydrogens is 332 g/mol. The Hall–Kier alpha value is -2.74. The number of nitro groups is 1. The Bertz CT molecular complexity index is 771. The Morgan fingerprint density at radius 2 is 2.04 bits per heavy atom. The summed E-state index contributed by atoms with van der Waals surface area (Å²) in [6, 6.07) is 6.57. The van der Waals surface area contributed by atoms with E-state index in [-0.39, 0.29) is 17.8 Å². The third-order valence-corrected chi connectivity index (χ3v) is 4.31. The second kappa shape index (κ2) is 7.69. The largest absolute Gasteiger partial charge is 0.455 e. The quantitative estimate of drug-likeness (QED) is 0.491. The molecule has 7 nitrogen and oxygen atoms in total. The molecule has 1 heterocycles. The van der Waals surface area contributed by atoms with Crippen LogP contribution >= 0.6 is 11.3 Å². The van der Waals surface area contributed by atoms with Crippen molar-refractivity contribution in [1.82, 2.24) is 0 Å². The summed E-state index contributed by atoms with van der Waals surface area (Å²) in [5, 5.41) is 15.4. The average molecular weight is 348 g/mol. The first kappa shape index (κ1) is 17.6. The van der Waals surface area contributed by atoms with Crippen LogP contribution in [0, 0.1) is 24.0 Å². The van der Waals surface area contributed by atoms with Crippen LogP contribution in [0.2, 0.25) is 0 Å². The van der Waals surface area contributed by atoms with Gasteiger partial charge in [0.05, 0.1) is 11.3 Å². The van der Waals surface area contributed by atoms with Crippen molar-refractivity contribution in [2.24, 2.45) is 0 Å². The molecule has 0 saturated heterocycles. The Morgan fingerprint density at radius 1 is 1.29 bits per heavy atom. The van der Waals surface area contributed by atoms with Crippen molar-refractivity contribution >= 4 is 34.6 Å². The highest BCUT2D eigenvalue weighted by Crippen LogP contribution is 2.30. The van der Waals surface area contributed by atoms with E-state index in [0.717, 1.165) is 10.4 Å². The zero-order valence-electron chi connectivity index (χ0n) is 13.2. The van der Waals surface area contributed by atoms with Gasteiger partial charge in [-0.15, -0.1) is 11.3 Å². The van der Waals surface area contributed by atoms with Gasteiger partial charge in [-0.05, 0) is 36.4 Å². The topological polar surface area (TPSA) is 98.5 Å². The van der Waals surface area contributed by atoms with E-state index in [1.807, 2.05) is 11.4 Å². The maximum atomic E-state index is 11.9. The summed E-state index contributed by atoms with van der Waals surface area (Å²) < 4.78 is 4.91. The van der Waals surface area contributed by atoms with E-state index in [4.69, 9.17) is 4.74 Å². The SMILES string of the molecule is Cc1ccc([N+](=O)[O-])c(NC(=O)COC(=O)Cc2cccs2)c1C. The molecule has 1 aromatic heterocycles. The lowest BCUT2D eigenvalue weighted by Crippen LogP contribution is -2.22. The summed E-state index contributed by atoms with van der Waals surface area (Å²) in [7, 11) is 0. The normalized spacial score (nSPS) is 10.2. The summed E-state index contributed by atoms with van der Waals surface area (Å²) in [6.07, 6.45) is 0.0918. The van der Waals surface area contributed by atoms with Crippen LogP contribution in [-0.2, 0) is 20.7 Å². The number of benzene rings is 1. The molecule has 0 unspecified atom stereocenters. The zero-order chi connectivity index (χ0) is 17.7. The molecule has 0 spiro atoms. The van der Waals surface area contributed by atoms with Gasteiger partial charge in [0.15, 0.2) is 6.61 Å². The average Bonchev–Trinajstić information content (AvgIpc) is 3.02. The number of hydrogen-bond donors (Lipinski definition) is 1. The minimum Gasteiger partial charge on any atom is -0.455 e. The highest BCUT2D eigenvalue weighted by molar-refractivity contribution is 7.10. The minimum atomic E-state index is -0.619. The van der Waals surface area contributed by atoms with Gasteiger partial charge in [-0.1, -0.05) is 12.1 Å². The van der Waals surface area contributed by atoms with Crippen molar-refractivity contribution in [3.05, 3.63) is 55.8 Å². The molecule has 2 rings (SSSR count). The minimum absolute atomic E-state index is 0.0918. The van der Waals surface area contributed by atoms with Gasteiger partial charge >= 0.3 is 5.97 Å². The predicted octanol–water partition coefficient (Wildman–Crippen LogP) is 3.00. The summed E-state index contributed by atoms with van der Waals surface area (Å²) >= 11 is 1.42. The number of hydrogen-bond acceptors (Lipinski definition) is 6. The number of rotatable bonds is 6. The lowest BCUT2D eigenvalue weighted by molar-refractivity contribution is -0.384. The number of esters is 1. The zero-order valence-corrected chi connectivity index (χ0v) is 14.0. The van der Waals surface area contributed by atoms with Crippen molar-refractivity contribution in [1.29, 1.82) is 0 Å². The molecule has 0 fully saturated rings. The third-order valence-electron chi connectivity index (χ3n) is 3.44. The fourth-order valence-corrected chi connectivity index (χ4v) is 2.73. The predicted molar refractivity (Wildman–Crippen MR) is 90.2 cm³/mol. The maximum Gasteiger partial charge on any atom is 0.311 e. The van der Waals surface area contributed by atoms with E-state index in [9.17, 15) is 19.7 Å². The van der Waals surface area contributed by atoms with E-state index in [1.54, 1.807) is 26.0 Å². The van der Waals surface area contributed by atoms with E-state index in [1.165, 1.54) is 17.4 Å². The molecule has 0 saturated carbocycles. The highest BCUT2D eigenvalue weighted by atomic mass is 32.1. The Labute approximate surface area is 142 Å². The van der Waals surface area contributed by atoms with Crippen molar-refractivity contribution < 1.29 is 19.2 Å². The Kier molecular flexibility index (Phi) is 5.64. The van der Waals surface area contributed by atoms with Crippen molar-refractivity contribution in [2.45, 2.75) is 20.3 Å². The van der Waals surface area contributed by atoms with Crippen LogP contribution < -0.4 is 5.32 Å². The van der Waals surface area contributed by atoms with Crippen LogP contribution in [0.3, 0.4) is 0 Å². The first-order valence-electron chi connectivity index (χ1n) is 7.11. The first-order chi connectivity index (χ1) is 11.4. The molecule has 8 heteroatoms. The number of aryl methyl sites for hydroxylation is 1. The number of anilines is 1.